The minimum atomic E-state index is -1.50. The highest BCUT2D eigenvalue weighted by Gasteiger charge is 2.49. The summed E-state index contributed by atoms with van der Waals surface area (Å²) in [6.07, 6.45) is 11.0. The van der Waals surface area contributed by atoms with E-state index in [1.165, 1.54) is 5.57 Å². The van der Waals surface area contributed by atoms with Crippen molar-refractivity contribution >= 4 is 23.0 Å². The van der Waals surface area contributed by atoms with E-state index in [1.54, 1.807) is 0 Å². The molecule has 29 heavy (non-hydrogen) atoms. The lowest BCUT2D eigenvalue weighted by atomic mass is 9.90. The van der Waals surface area contributed by atoms with E-state index in [0.29, 0.717) is 18.1 Å². The Morgan fingerprint density at radius 2 is 2.07 bits per heavy atom. The molecule has 2 N–H and O–H groups in total. The molecule has 4 rings (SSSR count). The normalized spacial score (nSPS) is 39.0. The van der Waals surface area contributed by atoms with E-state index < -0.39 is 17.9 Å². The Kier molecular flexibility index (Phi) is 6.37. The van der Waals surface area contributed by atoms with E-state index in [9.17, 15) is 14.7 Å². The molecule has 3 heterocycles. The number of rotatable bonds is 1. The molecule has 0 radical (unpaired) electrons. The van der Waals surface area contributed by atoms with Gasteiger partial charge in [-0.1, -0.05) is 36.4 Å². The largest absolute Gasteiger partial charge is 0.459 e. The number of hydrogen-bond donors (Lipinski definition) is 2. The number of fused-ring (bicyclic) bond motifs is 2. The Morgan fingerprint density at radius 1 is 1.21 bits per heavy atom. The molecule has 5 atom stereocenters. The number of ether oxygens (including phenoxy) is 2. The second-order valence-corrected chi connectivity index (χ2v) is 9.80. The van der Waals surface area contributed by atoms with Crippen molar-refractivity contribution in [2.24, 2.45) is 5.92 Å². The first-order valence-electron chi connectivity index (χ1n) is 10.8. The fourth-order valence-corrected chi connectivity index (χ4v) is 5.78. The lowest BCUT2D eigenvalue weighted by Crippen LogP contribution is -2.58. The number of thioether (sulfide) groups is 1. The Balaban J connectivity index is 1.57. The molecule has 0 aromatic carbocycles. The highest BCUT2D eigenvalue weighted by molar-refractivity contribution is 8.14. The monoisotopic (exact) mass is 421 g/mol. The molecule has 3 aliphatic heterocycles. The second-order valence-electron chi connectivity index (χ2n) is 8.80. The fourth-order valence-electron chi connectivity index (χ4n) is 4.89. The SMILES string of the molecule is C[C@@H]1C=CCCC2=C(CCC2)C(=O)O[C@@H]2C[C@@H](CC1)O[C@@](O)([C@@H]1CSC(=O)N1)C2. The number of amides is 1. The van der Waals surface area contributed by atoms with Crippen LogP contribution < -0.4 is 5.32 Å². The van der Waals surface area contributed by atoms with Crippen LogP contribution in [0.2, 0.25) is 0 Å². The summed E-state index contributed by atoms with van der Waals surface area (Å²) in [5.74, 6) is -0.853. The van der Waals surface area contributed by atoms with Crippen LogP contribution in [-0.2, 0) is 14.3 Å². The van der Waals surface area contributed by atoms with Crippen LogP contribution in [0.4, 0.5) is 4.79 Å². The Morgan fingerprint density at radius 3 is 2.86 bits per heavy atom. The summed E-state index contributed by atoms with van der Waals surface area (Å²) in [5.41, 5.74) is 2.06. The van der Waals surface area contributed by atoms with Gasteiger partial charge in [-0.3, -0.25) is 4.79 Å². The maximum Gasteiger partial charge on any atom is 0.334 e. The quantitative estimate of drug-likeness (QED) is 0.494. The molecule has 1 amide bonds. The number of hydrogen-bond acceptors (Lipinski definition) is 6. The molecule has 1 aliphatic carbocycles. The highest BCUT2D eigenvalue weighted by Crippen LogP contribution is 2.38. The number of aliphatic hydroxyl groups is 1. The molecule has 2 fully saturated rings. The summed E-state index contributed by atoms with van der Waals surface area (Å²) in [4.78, 5) is 24.6. The summed E-state index contributed by atoms with van der Waals surface area (Å²) < 4.78 is 12.0. The van der Waals surface area contributed by atoms with Gasteiger partial charge >= 0.3 is 5.97 Å². The molecule has 2 bridgehead atoms. The lowest BCUT2D eigenvalue weighted by Gasteiger charge is -2.43. The molecule has 4 aliphatic rings. The summed E-state index contributed by atoms with van der Waals surface area (Å²) >= 11 is 1.15. The minimum absolute atomic E-state index is 0.149. The van der Waals surface area contributed by atoms with Gasteiger partial charge in [0.25, 0.3) is 5.24 Å². The van der Waals surface area contributed by atoms with Crippen molar-refractivity contribution in [1.82, 2.24) is 5.32 Å². The van der Waals surface area contributed by atoms with Crippen molar-refractivity contribution < 1.29 is 24.2 Å². The van der Waals surface area contributed by atoms with Crippen LogP contribution in [0.5, 0.6) is 0 Å². The predicted molar refractivity (Wildman–Crippen MR) is 111 cm³/mol. The number of carbonyl (C=O) groups excluding carboxylic acids is 2. The van der Waals surface area contributed by atoms with Crippen molar-refractivity contribution in [2.45, 2.75) is 88.7 Å². The number of esters is 1. The summed E-state index contributed by atoms with van der Waals surface area (Å²) in [5, 5.41) is 13.9. The first-order valence-corrected chi connectivity index (χ1v) is 11.8. The van der Waals surface area contributed by atoms with E-state index in [4.69, 9.17) is 9.47 Å². The van der Waals surface area contributed by atoms with Gasteiger partial charge in [-0.15, -0.1) is 0 Å². The standard InChI is InChI=1S/C22H31NO5S/c1-14-5-2-3-6-15-7-4-8-18(15)20(24)27-17-11-16(10-9-14)28-22(26,12-17)19-13-29-21(25)23-19/h2,5,14,16-17,19,26H,3-4,6-13H2,1H3,(H,23,25)/t14-,16-,17-,19+,22-/m1/s1. The molecule has 0 unspecified atom stereocenters. The van der Waals surface area contributed by atoms with Gasteiger partial charge in [0.2, 0.25) is 0 Å². The molecule has 7 heteroatoms. The van der Waals surface area contributed by atoms with Crippen LogP contribution in [-0.4, -0.2) is 46.1 Å². The van der Waals surface area contributed by atoms with Crippen molar-refractivity contribution in [3.8, 4) is 0 Å². The average molecular weight is 422 g/mol. The molecule has 2 saturated heterocycles. The minimum Gasteiger partial charge on any atom is -0.459 e. The fraction of sp³-hybridized carbons (Fsp3) is 0.727. The van der Waals surface area contributed by atoms with Crippen LogP contribution in [0.3, 0.4) is 0 Å². The molecule has 6 nitrogen and oxygen atoms in total. The Hall–Kier alpha value is -1.31. The average Bonchev–Trinajstić information content (AvgIpc) is 3.32. The maximum absolute atomic E-state index is 12.9. The van der Waals surface area contributed by atoms with Crippen LogP contribution in [0.1, 0.15) is 64.7 Å². The smallest absolute Gasteiger partial charge is 0.334 e. The van der Waals surface area contributed by atoms with Crippen molar-refractivity contribution in [3.63, 3.8) is 0 Å². The van der Waals surface area contributed by atoms with Crippen molar-refractivity contribution in [2.75, 3.05) is 5.75 Å². The molecule has 0 aromatic rings. The molecule has 0 aromatic heterocycles. The van der Waals surface area contributed by atoms with Gasteiger partial charge in [-0.05, 0) is 50.9 Å². The second kappa shape index (κ2) is 8.82. The van der Waals surface area contributed by atoms with E-state index in [2.05, 4.69) is 24.4 Å². The first-order chi connectivity index (χ1) is 13.9. The van der Waals surface area contributed by atoms with Gasteiger partial charge in [0.05, 0.1) is 12.1 Å². The molecular weight excluding hydrogens is 390 g/mol. The zero-order chi connectivity index (χ0) is 20.4. The third-order valence-corrected chi connectivity index (χ3v) is 7.39. The summed E-state index contributed by atoms with van der Waals surface area (Å²) in [6.45, 7) is 2.20. The molecule has 0 saturated carbocycles. The Labute approximate surface area is 176 Å². The van der Waals surface area contributed by atoms with Gasteiger partial charge in [-0.2, -0.15) is 0 Å². The zero-order valence-electron chi connectivity index (χ0n) is 17.0. The summed E-state index contributed by atoms with van der Waals surface area (Å²) in [7, 11) is 0. The number of nitrogens with one attached hydrogen (secondary N) is 1. The van der Waals surface area contributed by atoms with Gasteiger partial charge in [-0.25, -0.2) is 4.79 Å². The summed E-state index contributed by atoms with van der Waals surface area (Å²) in [6, 6.07) is -0.485. The topological polar surface area (TPSA) is 84.9 Å². The van der Waals surface area contributed by atoms with Gasteiger partial charge < -0.3 is 19.9 Å². The van der Waals surface area contributed by atoms with Crippen LogP contribution in [0, 0.1) is 5.92 Å². The van der Waals surface area contributed by atoms with Crippen molar-refractivity contribution in [1.29, 1.82) is 0 Å². The third kappa shape index (κ3) is 4.89. The van der Waals surface area contributed by atoms with Gasteiger partial charge in [0, 0.05) is 24.2 Å². The van der Waals surface area contributed by atoms with E-state index in [0.717, 1.165) is 62.3 Å². The van der Waals surface area contributed by atoms with Crippen molar-refractivity contribution in [3.05, 3.63) is 23.3 Å². The van der Waals surface area contributed by atoms with E-state index in [-0.39, 0.29) is 23.7 Å². The third-order valence-electron chi connectivity index (χ3n) is 6.51. The maximum atomic E-state index is 12.9. The van der Waals surface area contributed by atoms with Gasteiger partial charge in [0.1, 0.15) is 6.10 Å². The highest BCUT2D eigenvalue weighted by atomic mass is 32.2. The molecule has 160 valence electrons. The molecular formula is C22H31NO5S. The number of allylic oxidation sites excluding steroid dienone is 3. The number of carbonyl (C=O) groups is 2. The predicted octanol–water partition coefficient (Wildman–Crippen LogP) is 3.84. The van der Waals surface area contributed by atoms with E-state index in [1.807, 2.05) is 0 Å². The lowest BCUT2D eigenvalue weighted by molar-refractivity contribution is -0.283. The Bertz CT molecular complexity index is 720. The van der Waals surface area contributed by atoms with Crippen LogP contribution in [0.25, 0.3) is 0 Å². The van der Waals surface area contributed by atoms with E-state index >= 15 is 0 Å². The zero-order valence-corrected chi connectivity index (χ0v) is 17.8. The van der Waals surface area contributed by atoms with Crippen LogP contribution in [0.15, 0.2) is 23.3 Å². The van der Waals surface area contributed by atoms with Crippen LogP contribution >= 0.6 is 11.8 Å². The molecule has 0 spiro atoms. The van der Waals surface area contributed by atoms with Gasteiger partial charge in [0.15, 0.2) is 5.79 Å². The first kappa shape index (κ1) is 20.9.